The standard InChI is InChI=1S/C12H9Cl2NO2/c1-6-2-3-10(17-6)12(16)7-4-8(13)11(14)9(15)5-7/h2-5H,15H2,1H3. The zero-order chi connectivity index (χ0) is 12.6. The second kappa shape index (κ2) is 4.43. The SMILES string of the molecule is Cc1ccc(C(=O)c2cc(N)c(Cl)c(Cl)c2)o1. The van der Waals surface area contributed by atoms with Gasteiger partial charge in [0.1, 0.15) is 5.76 Å². The molecule has 88 valence electrons. The minimum atomic E-state index is -0.275. The van der Waals surface area contributed by atoms with Crippen molar-refractivity contribution in [1.29, 1.82) is 0 Å². The normalized spacial score (nSPS) is 10.5. The molecular weight excluding hydrogens is 261 g/mol. The van der Waals surface area contributed by atoms with Crippen molar-refractivity contribution in [3.05, 3.63) is 51.4 Å². The summed E-state index contributed by atoms with van der Waals surface area (Å²) in [6, 6.07) is 6.28. The molecule has 3 nitrogen and oxygen atoms in total. The molecule has 1 aromatic carbocycles. The summed E-state index contributed by atoms with van der Waals surface area (Å²) in [5, 5.41) is 0.497. The lowest BCUT2D eigenvalue weighted by Crippen LogP contribution is -2.01. The summed E-state index contributed by atoms with van der Waals surface area (Å²) < 4.78 is 5.24. The van der Waals surface area contributed by atoms with E-state index in [0.717, 1.165) is 0 Å². The van der Waals surface area contributed by atoms with Crippen LogP contribution in [-0.2, 0) is 0 Å². The first-order chi connectivity index (χ1) is 7.99. The van der Waals surface area contributed by atoms with E-state index >= 15 is 0 Å². The van der Waals surface area contributed by atoms with Crippen molar-refractivity contribution in [3.63, 3.8) is 0 Å². The maximum atomic E-state index is 12.0. The number of rotatable bonds is 2. The van der Waals surface area contributed by atoms with Gasteiger partial charge in [-0.05, 0) is 31.2 Å². The van der Waals surface area contributed by atoms with Crippen LogP contribution in [0.1, 0.15) is 21.9 Å². The molecule has 0 saturated heterocycles. The molecule has 0 bridgehead atoms. The predicted octanol–water partition coefficient (Wildman–Crippen LogP) is 3.71. The molecule has 0 aliphatic heterocycles. The van der Waals surface area contributed by atoms with E-state index in [0.29, 0.717) is 11.3 Å². The minimum absolute atomic E-state index is 0.248. The fourth-order valence-corrected chi connectivity index (χ4v) is 1.78. The Labute approximate surface area is 108 Å². The number of carbonyl (C=O) groups is 1. The van der Waals surface area contributed by atoms with Gasteiger partial charge in [0.2, 0.25) is 5.78 Å². The number of hydrogen-bond acceptors (Lipinski definition) is 3. The largest absolute Gasteiger partial charge is 0.458 e. The van der Waals surface area contributed by atoms with Gasteiger partial charge < -0.3 is 10.2 Å². The van der Waals surface area contributed by atoms with Gasteiger partial charge >= 0.3 is 0 Å². The molecule has 0 amide bonds. The minimum Gasteiger partial charge on any atom is -0.458 e. The number of aryl methyl sites for hydroxylation is 1. The Morgan fingerprint density at radius 1 is 1.29 bits per heavy atom. The highest BCUT2D eigenvalue weighted by molar-refractivity contribution is 6.44. The molecule has 2 N–H and O–H groups in total. The van der Waals surface area contributed by atoms with Gasteiger partial charge in [-0.15, -0.1) is 0 Å². The number of halogens is 2. The third-order valence-electron chi connectivity index (χ3n) is 2.28. The van der Waals surface area contributed by atoms with E-state index in [1.807, 2.05) is 0 Å². The summed E-state index contributed by atoms with van der Waals surface area (Å²) in [4.78, 5) is 12.0. The third-order valence-corrected chi connectivity index (χ3v) is 3.10. The molecular formula is C12H9Cl2NO2. The monoisotopic (exact) mass is 269 g/mol. The van der Waals surface area contributed by atoms with E-state index in [1.165, 1.54) is 12.1 Å². The number of furan rings is 1. The zero-order valence-electron chi connectivity index (χ0n) is 8.96. The van der Waals surface area contributed by atoms with Gasteiger partial charge in [-0.1, -0.05) is 23.2 Å². The highest BCUT2D eigenvalue weighted by atomic mass is 35.5. The summed E-state index contributed by atoms with van der Waals surface area (Å²) in [5.41, 5.74) is 6.27. The Morgan fingerprint density at radius 2 is 2.00 bits per heavy atom. The number of anilines is 1. The van der Waals surface area contributed by atoms with E-state index in [4.69, 9.17) is 33.4 Å². The first-order valence-electron chi connectivity index (χ1n) is 4.84. The fraction of sp³-hybridized carbons (Fsp3) is 0.0833. The van der Waals surface area contributed by atoms with Gasteiger partial charge in [0.25, 0.3) is 0 Å². The van der Waals surface area contributed by atoms with Gasteiger partial charge in [0.15, 0.2) is 5.76 Å². The van der Waals surface area contributed by atoms with Gasteiger partial charge in [0.05, 0.1) is 15.7 Å². The molecule has 0 fully saturated rings. The maximum absolute atomic E-state index is 12.0. The van der Waals surface area contributed by atoms with E-state index in [2.05, 4.69) is 0 Å². The second-order valence-electron chi connectivity index (χ2n) is 3.60. The van der Waals surface area contributed by atoms with E-state index in [-0.39, 0.29) is 27.3 Å². The molecule has 2 aromatic rings. The predicted molar refractivity (Wildman–Crippen MR) is 67.8 cm³/mol. The summed E-state index contributed by atoms with van der Waals surface area (Å²) in [6.07, 6.45) is 0. The smallest absolute Gasteiger partial charge is 0.228 e. The Morgan fingerprint density at radius 3 is 2.53 bits per heavy atom. The fourth-order valence-electron chi connectivity index (χ4n) is 1.44. The summed E-state index contributed by atoms with van der Waals surface area (Å²) in [6.45, 7) is 1.76. The van der Waals surface area contributed by atoms with E-state index in [1.54, 1.807) is 19.1 Å². The average molecular weight is 270 g/mol. The molecule has 0 spiro atoms. The van der Waals surface area contributed by atoms with Crippen LogP contribution < -0.4 is 5.73 Å². The molecule has 0 aliphatic rings. The topological polar surface area (TPSA) is 56.2 Å². The molecule has 0 saturated carbocycles. The molecule has 5 heteroatoms. The summed E-state index contributed by atoms with van der Waals surface area (Å²) >= 11 is 11.7. The number of carbonyl (C=O) groups excluding carboxylic acids is 1. The van der Waals surface area contributed by atoms with Gasteiger partial charge in [-0.25, -0.2) is 0 Å². The van der Waals surface area contributed by atoms with Crippen LogP contribution in [0.3, 0.4) is 0 Å². The van der Waals surface area contributed by atoms with Crippen LogP contribution in [0.15, 0.2) is 28.7 Å². The quantitative estimate of drug-likeness (QED) is 0.668. The Hall–Kier alpha value is -1.45. The van der Waals surface area contributed by atoms with Gasteiger partial charge in [-0.3, -0.25) is 4.79 Å². The lowest BCUT2D eigenvalue weighted by atomic mass is 10.1. The highest BCUT2D eigenvalue weighted by Crippen LogP contribution is 2.30. The number of hydrogen-bond donors (Lipinski definition) is 1. The zero-order valence-corrected chi connectivity index (χ0v) is 10.5. The van der Waals surface area contributed by atoms with Crippen LogP contribution in [0.2, 0.25) is 10.0 Å². The Kier molecular flexibility index (Phi) is 3.13. The molecule has 0 aliphatic carbocycles. The first-order valence-corrected chi connectivity index (χ1v) is 5.60. The average Bonchev–Trinajstić information content (AvgIpc) is 2.71. The van der Waals surface area contributed by atoms with Crippen LogP contribution in [0, 0.1) is 6.92 Å². The van der Waals surface area contributed by atoms with Crippen LogP contribution in [0.5, 0.6) is 0 Å². The Balaban J connectivity index is 2.44. The van der Waals surface area contributed by atoms with Crippen LogP contribution in [-0.4, -0.2) is 5.78 Å². The molecule has 0 radical (unpaired) electrons. The van der Waals surface area contributed by atoms with E-state index in [9.17, 15) is 4.79 Å². The molecule has 0 unspecified atom stereocenters. The van der Waals surface area contributed by atoms with Crippen LogP contribution >= 0.6 is 23.2 Å². The van der Waals surface area contributed by atoms with Crippen molar-refractivity contribution < 1.29 is 9.21 Å². The number of nitrogen functional groups attached to an aromatic ring is 1. The lowest BCUT2D eigenvalue weighted by molar-refractivity contribution is 0.101. The maximum Gasteiger partial charge on any atom is 0.228 e. The summed E-state index contributed by atoms with van der Waals surface area (Å²) in [7, 11) is 0. The molecule has 1 aromatic heterocycles. The van der Waals surface area contributed by atoms with Gasteiger partial charge in [-0.2, -0.15) is 0 Å². The highest BCUT2D eigenvalue weighted by Gasteiger charge is 2.15. The molecule has 0 atom stereocenters. The van der Waals surface area contributed by atoms with Crippen molar-refractivity contribution in [3.8, 4) is 0 Å². The first kappa shape index (κ1) is 12.0. The summed E-state index contributed by atoms with van der Waals surface area (Å²) in [5.74, 6) is 0.644. The molecule has 17 heavy (non-hydrogen) atoms. The number of benzene rings is 1. The van der Waals surface area contributed by atoms with Crippen molar-refractivity contribution in [2.24, 2.45) is 0 Å². The van der Waals surface area contributed by atoms with Crippen molar-refractivity contribution >= 4 is 34.7 Å². The van der Waals surface area contributed by atoms with Crippen LogP contribution in [0.25, 0.3) is 0 Å². The van der Waals surface area contributed by atoms with E-state index < -0.39 is 0 Å². The van der Waals surface area contributed by atoms with Crippen LogP contribution in [0.4, 0.5) is 5.69 Å². The van der Waals surface area contributed by atoms with Crippen molar-refractivity contribution in [2.75, 3.05) is 5.73 Å². The number of nitrogens with two attached hydrogens (primary N) is 1. The Bertz CT molecular complexity index is 567. The van der Waals surface area contributed by atoms with Crippen molar-refractivity contribution in [2.45, 2.75) is 6.92 Å². The third kappa shape index (κ3) is 2.30. The van der Waals surface area contributed by atoms with Crippen molar-refractivity contribution in [1.82, 2.24) is 0 Å². The molecule has 2 rings (SSSR count). The number of ketones is 1. The van der Waals surface area contributed by atoms with Gasteiger partial charge in [0, 0.05) is 5.56 Å². The molecule has 1 heterocycles. The lowest BCUT2D eigenvalue weighted by Gasteiger charge is -2.04. The second-order valence-corrected chi connectivity index (χ2v) is 4.39.